The number of hydrogen-bond acceptors (Lipinski definition) is 0. The second kappa shape index (κ2) is 6.19. The molecule has 6 atom stereocenters. The normalized spacial score (nSPS) is 41.2. The van der Waals surface area contributed by atoms with Crippen molar-refractivity contribution in [3.63, 3.8) is 0 Å². The van der Waals surface area contributed by atoms with Gasteiger partial charge >= 0.3 is 0 Å². The molecule has 0 aromatic heterocycles. The number of hydrogen-bond donors (Lipinski definition) is 0. The van der Waals surface area contributed by atoms with Gasteiger partial charge in [0.05, 0.1) is 0 Å². The van der Waals surface area contributed by atoms with Gasteiger partial charge in [-0.3, -0.25) is 0 Å². The van der Waals surface area contributed by atoms with Crippen LogP contribution in [0.25, 0.3) is 0 Å². The van der Waals surface area contributed by atoms with Crippen LogP contribution in [0.15, 0.2) is 0 Å². The van der Waals surface area contributed by atoms with Gasteiger partial charge in [-0.05, 0) is 60.7 Å². The van der Waals surface area contributed by atoms with Crippen molar-refractivity contribution >= 4 is 0 Å². The Bertz CT molecular complexity index is 282. The summed E-state index contributed by atoms with van der Waals surface area (Å²) >= 11 is 0. The summed E-state index contributed by atoms with van der Waals surface area (Å²) in [6.45, 7) is 12.4. The molecule has 2 rings (SSSR count). The van der Waals surface area contributed by atoms with E-state index in [4.69, 9.17) is 0 Å². The summed E-state index contributed by atoms with van der Waals surface area (Å²) in [7, 11) is 0. The Kier molecular flexibility index (Phi) is 5.01. The average molecular weight is 264 g/mol. The van der Waals surface area contributed by atoms with Crippen molar-refractivity contribution in [2.24, 2.45) is 35.0 Å². The minimum Gasteiger partial charge on any atom is -0.0654 e. The van der Waals surface area contributed by atoms with Gasteiger partial charge in [0.15, 0.2) is 0 Å². The lowest BCUT2D eigenvalue weighted by Crippen LogP contribution is -2.19. The predicted molar refractivity (Wildman–Crippen MR) is 85.2 cm³/mol. The highest BCUT2D eigenvalue weighted by Gasteiger charge is 2.53. The molecule has 0 aromatic rings. The lowest BCUT2D eigenvalue weighted by Gasteiger charge is -2.27. The molecule has 0 nitrogen and oxygen atoms in total. The fraction of sp³-hybridized carbons (Fsp3) is 1.00. The summed E-state index contributed by atoms with van der Waals surface area (Å²) in [6.07, 6.45) is 11.8. The zero-order valence-electron chi connectivity index (χ0n) is 14.0. The molecular formula is C19H36. The van der Waals surface area contributed by atoms with Crippen molar-refractivity contribution in [2.45, 2.75) is 86.0 Å². The maximum Gasteiger partial charge on any atom is -0.0266 e. The van der Waals surface area contributed by atoms with Gasteiger partial charge in [0.25, 0.3) is 0 Å². The molecule has 0 radical (unpaired) electrons. The average Bonchev–Trinajstić information content (AvgIpc) is 2.94. The molecule has 0 bridgehead atoms. The summed E-state index contributed by atoms with van der Waals surface area (Å²) in [6, 6.07) is 0. The van der Waals surface area contributed by atoms with E-state index in [1.54, 1.807) is 0 Å². The van der Waals surface area contributed by atoms with Crippen LogP contribution in [0.3, 0.4) is 0 Å². The van der Waals surface area contributed by atoms with Crippen molar-refractivity contribution in [3.05, 3.63) is 0 Å². The Morgan fingerprint density at radius 3 is 2.37 bits per heavy atom. The fourth-order valence-electron chi connectivity index (χ4n) is 5.50. The minimum atomic E-state index is 0.759. The van der Waals surface area contributed by atoms with E-state index in [1.807, 2.05) is 0 Å². The van der Waals surface area contributed by atoms with Gasteiger partial charge in [0, 0.05) is 0 Å². The van der Waals surface area contributed by atoms with Crippen molar-refractivity contribution in [1.82, 2.24) is 0 Å². The Hall–Kier alpha value is 0. The molecule has 2 fully saturated rings. The van der Waals surface area contributed by atoms with Gasteiger partial charge in [0.2, 0.25) is 0 Å². The molecule has 0 heterocycles. The molecular weight excluding hydrogens is 228 g/mol. The van der Waals surface area contributed by atoms with Crippen LogP contribution in [-0.4, -0.2) is 0 Å². The maximum atomic E-state index is 2.55. The summed E-state index contributed by atoms with van der Waals surface area (Å²) < 4.78 is 0. The zero-order valence-corrected chi connectivity index (χ0v) is 14.0. The van der Waals surface area contributed by atoms with E-state index in [2.05, 4.69) is 34.6 Å². The first-order valence-corrected chi connectivity index (χ1v) is 9.04. The van der Waals surface area contributed by atoms with Crippen LogP contribution >= 0.6 is 0 Å². The van der Waals surface area contributed by atoms with Crippen LogP contribution in [0, 0.1) is 35.0 Å². The van der Waals surface area contributed by atoms with E-state index in [9.17, 15) is 0 Å². The van der Waals surface area contributed by atoms with E-state index in [1.165, 1.54) is 51.4 Å². The third kappa shape index (κ3) is 3.19. The van der Waals surface area contributed by atoms with Crippen LogP contribution in [0.5, 0.6) is 0 Å². The smallest absolute Gasteiger partial charge is 0.0266 e. The first-order valence-electron chi connectivity index (χ1n) is 9.04. The van der Waals surface area contributed by atoms with Crippen LogP contribution in [-0.2, 0) is 0 Å². The van der Waals surface area contributed by atoms with Gasteiger partial charge in [0.1, 0.15) is 0 Å². The van der Waals surface area contributed by atoms with Crippen LogP contribution < -0.4 is 0 Å². The van der Waals surface area contributed by atoms with E-state index in [0.717, 1.165) is 35.0 Å². The second-order valence-electron chi connectivity index (χ2n) is 8.04. The zero-order chi connectivity index (χ0) is 14.0. The van der Waals surface area contributed by atoms with Gasteiger partial charge < -0.3 is 0 Å². The van der Waals surface area contributed by atoms with Crippen LogP contribution in [0.1, 0.15) is 86.0 Å². The van der Waals surface area contributed by atoms with Gasteiger partial charge in [-0.15, -0.1) is 0 Å². The molecule has 0 aliphatic heterocycles. The Labute approximate surface area is 121 Å². The maximum absolute atomic E-state index is 2.55. The van der Waals surface area contributed by atoms with Crippen molar-refractivity contribution < 1.29 is 0 Å². The minimum absolute atomic E-state index is 0.759. The van der Waals surface area contributed by atoms with E-state index in [-0.39, 0.29) is 0 Å². The second-order valence-corrected chi connectivity index (χ2v) is 8.04. The van der Waals surface area contributed by atoms with Crippen molar-refractivity contribution in [2.75, 3.05) is 0 Å². The van der Waals surface area contributed by atoms with Crippen molar-refractivity contribution in [3.8, 4) is 0 Å². The van der Waals surface area contributed by atoms with E-state index < -0.39 is 0 Å². The molecule has 0 N–H and O–H groups in total. The van der Waals surface area contributed by atoms with Gasteiger partial charge in [-0.2, -0.15) is 0 Å². The number of rotatable bonds is 7. The molecule has 2 aliphatic rings. The van der Waals surface area contributed by atoms with Crippen LogP contribution in [0.2, 0.25) is 0 Å². The SMILES string of the molecule is CCCC1(CC)CC1C(C)CC(C)C1CCCC1C. The molecule has 6 unspecified atom stereocenters. The highest BCUT2D eigenvalue weighted by molar-refractivity contribution is 5.03. The van der Waals surface area contributed by atoms with E-state index in [0.29, 0.717) is 0 Å². The quantitative estimate of drug-likeness (QED) is 0.506. The fourth-order valence-corrected chi connectivity index (χ4v) is 5.50. The molecule has 0 spiro atoms. The summed E-state index contributed by atoms with van der Waals surface area (Å²) in [4.78, 5) is 0. The molecule has 0 aromatic carbocycles. The molecule has 2 aliphatic carbocycles. The van der Waals surface area contributed by atoms with Gasteiger partial charge in [-0.1, -0.05) is 60.3 Å². The Balaban J connectivity index is 1.83. The topological polar surface area (TPSA) is 0 Å². The van der Waals surface area contributed by atoms with Crippen molar-refractivity contribution in [1.29, 1.82) is 0 Å². The molecule has 0 saturated heterocycles. The largest absolute Gasteiger partial charge is 0.0654 e. The highest BCUT2D eigenvalue weighted by atomic mass is 14.6. The summed E-state index contributed by atoms with van der Waals surface area (Å²) in [5.74, 6) is 5.01. The summed E-state index contributed by atoms with van der Waals surface area (Å²) in [5.41, 5.74) is 0.759. The molecule has 19 heavy (non-hydrogen) atoms. The Morgan fingerprint density at radius 1 is 1.11 bits per heavy atom. The third-order valence-electron chi connectivity index (χ3n) is 6.79. The summed E-state index contributed by atoms with van der Waals surface area (Å²) in [5, 5.41) is 0. The first-order chi connectivity index (χ1) is 9.04. The predicted octanol–water partition coefficient (Wildman–Crippen LogP) is 6.30. The first kappa shape index (κ1) is 15.4. The standard InChI is InChI=1S/C19H36/c1-6-11-19(7-2)13-18(19)16(5)12-15(4)17-10-8-9-14(17)3/h14-18H,6-13H2,1-5H3. The molecule has 112 valence electrons. The third-order valence-corrected chi connectivity index (χ3v) is 6.79. The molecule has 2 saturated carbocycles. The molecule has 0 amide bonds. The van der Waals surface area contributed by atoms with Gasteiger partial charge in [-0.25, -0.2) is 0 Å². The Morgan fingerprint density at radius 2 is 1.84 bits per heavy atom. The molecule has 0 heteroatoms. The highest BCUT2D eigenvalue weighted by Crippen LogP contribution is 2.62. The van der Waals surface area contributed by atoms with E-state index >= 15 is 0 Å². The van der Waals surface area contributed by atoms with Crippen LogP contribution in [0.4, 0.5) is 0 Å². The lowest BCUT2D eigenvalue weighted by molar-refractivity contribution is 0.224. The lowest BCUT2D eigenvalue weighted by atomic mass is 9.78. The monoisotopic (exact) mass is 264 g/mol.